The van der Waals surface area contributed by atoms with Crippen LogP contribution in [-0.2, 0) is 0 Å². The molecular formula is C14H12N4O4. The summed E-state index contributed by atoms with van der Waals surface area (Å²) in [4.78, 5) is 25.7. The molecule has 8 heteroatoms. The zero-order valence-corrected chi connectivity index (χ0v) is 11.6. The summed E-state index contributed by atoms with van der Waals surface area (Å²) >= 11 is 0. The van der Waals surface area contributed by atoms with E-state index in [0.717, 1.165) is 11.8 Å². The number of aryl methyl sites for hydroxylation is 1. The fraction of sp³-hybridized carbons (Fsp3) is 0.0714. The third kappa shape index (κ3) is 3.63. The van der Waals surface area contributed by atoms with Gasteiger partial charge >= 0.3 is 5.69 Å². The minimum atomic E-state index is -0.705. The minimum absolute atomic E-state index is 0.347. The summed E-state index contributed by atoms with van der Waals surface area (Å²) in [6.07, 6.45) is 2.66. The largest absolute Gasteiger partial charge is 0.502 e. The fourth-order valence-corrected chi connectivity index (χ4v) is 1.60. The Hall–Kier alpha value is -3.29. The molecule has 0 aliphatic rings. The number of nitro benzene ring substituents is 1. The number of carbonyl (C=O) groups is 1. The van der Waals surface area contributed by atoms with Gasteiger partial charge in [0.1, 0.15) is 0 Å². The van der Waals surface area contributed by atoms with Crippen LogP contribution < -0.4 is 5.43 Å². The number of rotatable bonds is 4. The van der Waals surface area contributed by atoms with Gasteiger partial charge in [0.25, 0.3) is 5.91 Å². The lowest BCUT2D eigenvalue weighted by molar-refractivity contribution is -0.385. The van der Waals surface area contributed by atoms with Crippen LogP contribution in [0.3, 0.4) is 0 Å². The van der Waals surface area contributed by atoms with E-state index in [-0.39, 0.29) is 0 Å². The Labute approximate surface area is 125 Å². The third-order valence-electron chi connectivity index (χ3n) is 2.75. The van der Waals surface area contributed by atoms with E-state index < -0.39 is 22.3 Å². The average molecular weight is 300 g/mol. The number of aromatic hydroxyl groups is 1. The molecule has 0 radical (unpaired) electrons. The number of benzene rings is 1. The standard InChI is InChI=1S/C14H12N4O4/c1-9-2-4-11(8-15-9)14(20)17-16-7-10-3-5-13(19)12(6-10)18(21)22/h2-8,19H,1H3,(H,17,20)/b16-7+. The smallest absolute Gasteiger partial charge is 0.311 e. The van der Waals surface area contributed by atoms with Gasteiger partial charge in [0.05, 0.1) is 16.7 Å². The summed E-state index contributed by atoms with van der Waals surface area (Å²) in [5, 5.41) is 23.7. The quantitative estimate of drug-likeness (QED) is 0.507. The second-order valence-electron chi connectivity index (χ2n) is 4.39. The molecule has 1 amide bonds. The number of amides is 1. The van der Waals surface area contributed by atoms with Crippen LogP contribution in [0.25, 0.3) is 0 Å². The van der Waals surface area contributed by atoms with Crippen LogP contribution in [-0.4, -0.2) is 27.1 Å². The molecule has 0 unspecified atom stereocenters. The Morgan fingerprint density at radius 2 is 2.18 bits per heavy atom. The molecule has 1 aromatic carbocycles. The number of nitro groups is 1. The Kier molecular flexibility index (Phi) is 4.42. The van der Waals surface area contributed by atoms with Gasteiger partial charge in [-0.1, -0.05) is 0 Å². The summed E-state index contributed by atoms with van der Waals surface area (Å²) in [5.74, 6) is -0.881. The van der Waals surface area contributed by atoms with Crippen LogP contribution in [0.2, 0.25) is 0 Å². The van der Waals surface area contributed by atoms with Crippen LogP contribution in [0.5, 0.6) is 5.75 Å². The van der Waals surface area contributed by atoms with Gasteiger partial charge in [0.15, 0.2) is 5.75 Å². The van der Waals surface area contributed by atoms with Gasteiger partial charge < -0.3 is 5.11 Å². The number of carbonyl (C=O) groups excluding carboxylic acids is 1. The highest BCUT2D eigenvalue weighted by Gasteiger charge is 2.12. The number of pyridine rings is 1. The molecule has 2 rings (SSSR count). The number of hydrogen-bond donors (Lipinski definition) is 2. The lowest BCUT2D eigenvalue weighted by atomic mass is 10.2. The van der Waals surface area contributed by atoms with Crippen molar-refractivity contribution in [2.45, 2.75) is 6.92 Å². The lowest BCUT2D eigenvalue weighted by Gasteiger charge is -2.00. The van der Waals surface area contributed by atoms with E-state index in [1.54, 1.807) is 19.1 Å². The molecule has 0 bridgehead atoms. The molecule has 2 N–H and O–H groups in total. The molecule has 1 heterocycles. The maximum Gasteiger partial charge on any atom is 0.311 e. The first kappa shape index (κ1) is 15.1. The molecular weight excluding hydrogens is 288 g/mol. The maximum absolute atomic E-state index is 11.8. The zero-order valence-electron chi connectivity index (χ0n) is 11.6. The van der Waals surface area contributed by atoms with E-state index >= 15 is 0 Å². The first-order valence-corrected chi connectivity index (χ1v) is 6.21. The van der Waals surface area contributed by atoms with Gasteiger partial charge in [-0.2, -0.15) is 5.10 Å². The Morgan fingerprint density at radius 1 is 1.41 bits per heavy atom. The van der Waals surface area contributed by atoms with Gasteiger partial charge in [-0.3, -0.25) is 19.9 Å². The molecule has 0 fully saturated rings. The van der Waals surface area contributed by atoms with Crippen molar-refractivity contribution in [2.75, 3.05) is 0 Å². The predicted molar refractivity (Wildman–Crippen MR) is 78.8 cm³/mol. The number of aromatic nitrogens is 1. The minimum Gasteiger partial charge on any atom is -0.502 e. The van der Waals surface area contributed by atoms with E-state index in [0.29, 0.717) is 11.1 Å². The number of hydrogen-bond acceptors (Lipinski definition) is 6. The van der Waals surface area contributed by atoms with E-state index in [9.17, 15) is 20.0 Å². The third-order valence-corrected chi connectivity index (χ3v) is 2.75. The molecule has 0 saturated heterocycles. The van der Waals surface area contributed by atoms with Crippen LogP contribution in [0.1, 0.15) is 21.6 Å². The van der Waals surface area contributed by atoms with Crippen molar-refractivity contribution < 1.29 is 14.8 Å². The van der Waals surface area contributed by atoms with Crippen molar-refractivity contribution in [2.24, 2.45) is 5.10 Å². The van der Waals surface area contributed by atoms with Crippen molar-refractivity contribution in [1.82, 2.24) is 10.4 Å². The van der Waals surface area contributed by atoms with Crippen molar-refractivity contribution in [3.8, 4) is 5.75 Å². The first-order chi connectivity index (χ1) is 10.5. The molecule has 0 saturated carbocycles. The van der Waals surface area contributed by atoms with Crippen LogP contribution in [0, 0.1) is 17.0 Å². The predicted octanol–water partition coefficient (Wildman–Crippen LogP) is 1.77. The van der Waals surface area contributed by atoms with E-state index in [1.807, 2.05) is 0 Å². The van der Waals surface area contributed by atoms with Gasteiger partial charge in [-0.25, -0.2) is 5.43 Å². The second kappa shape index (κ2) is 6.44. The Balaban J connectivity index is 2.06. The van der Waals surface area contributed by atoms with Gasteiger partial charge in [0, 0.05) is 23.5 Å². The number of nitrogens with zero attached hydrogens (tertiary/aromatic N) is 3. The summed E-state index contributed by atoms with van der Waals surface area (Å²) in [5.41, 5.74) is 3.36. The zero-order chi connectivity index (χ0) is 16.1. The average Bonchev–Trinajstić information content (AvgIpc) is 2.49. The Morgan fingerprint density at radius 3 is 2.82 bits per heavy atom. The molecule has 22 heavy (non-hydrogen) atoms. The fourth-order valence-electron chi connectivity index (χ4n) is 1.60. The number of hydrazone groups is 1. The number of phenols is 1. The first-order valence-electron chi connectivity index (χ1n) is 6.21. The van der Waals surface area contributed by atoms with Gasteiger partial charge in [-0.15, -0.1) is 0 Å². The number of nitrogens with one attached hydrogen (secondary N) is 1. The number of phenolic OH excluding ortho intramolecular Hbond substituents is 1. The van der Waals surface area contributed by atoms with E-state index in [4.69, 9.17) is 0 Å². The molecule has 0 atom stereocenters. The molecule has 0 aliphatic carbocycles. The highest BCUT2D eigenvalue weighted by molar-refractivity contribution is 5.94. The lowest BCUT2D eigenvalue weighted by Crippen LogP contribution is -2.17. The molecule has 0 aliphatic heterocycles. The summed E-state index contributed by atoms with van der Waals surface area (Å²) in [7, 11) is 0. The highest BCUT2D eigenvalue weighted by Crippen LogP contribution is 2.25. The molecule has 2 aromatic rings. The van der Waals surface area contributed by atoms with Gasteiger partial charge in [0.2, 0.25) is 0 Å². The normalized spacial score (nSPS) is 10.6. The second-order valence-corrected chi connectivity index (χ2v) is 4.39. The van der Waals surface area contributed by atoms with Crippen molar-refractivity contribution >= 4 is 17.8 Å². The van der Waals surface area contributed by atoms with Crippen LogP contribution in [0.15, 0.2) is 41.6 Å². The topological polar surface area (TPSA) is 118 Å². The van der Waals surface area contributed by atoms with E-state index in [2.05, 4.69) is 15.5 Å². The maximum atomic E-state index is 11.8. The highest BCUT2D eigenvalue weighted by atomic mass is 16.6. The van der Waals surface area contributed by atoms with Crippen molar-refractivity contribution in [1.29, 1.82) is 0 Å². The SMILES string of the molecule is Cc1ccc(C(=O)N/N=C/c2ccc(O)c([N+](=O)[O-])c2)cn1. The monoisotopic (exact) mass is 300 g/mol. The van der Waals surface area contributed by atoms with Crippen LogP contribution in [0.4, 0.5) is 5.69 Å². The molecule has 112 valence electrons. The summed E-state index contributed by atoms with van der Waals surface area (Å²) in [6.45, 7) is 1.80. The van der Waals surface area contributed by atoms with Crippen molar-refractivity contribution in [3.63, 3.8) is 0 Å². The van der Waals surface area contributed by atoms with Gasteiger partial charge in [-0.05, 0) is 31.2 Å². The van der Waals surface area contributed by atoms with E-state index in [1.165, 1.54) is 24.5 Å². The Bertz CT molecular complexity index is 741. The van der Waals surface area contributed by atoms with Crippen LogP contribution >= 0.6 is 0 Å². The molecule has 1 aromatic heterocycles. The summed E-state index contributed by atoms with van der Waals surface area (Å²) in [6, 6.07) is 7.08. The summed E-state index contributed by atoms with van der Waals surface area (Å²) < 4.78 is 0. The molecule has 0 spiro atoms. The van der Waals surface area contributed by atoms with Crippen molar-refractivity contribution in [3.05, 3.63) is 63.5 Å². The molecule has 8 nitrogen and oxygen atoms in total.